The lowest BCUT2D eigenvalue weighted by Crippen LogP contribution is -2.48. The van der Waals surface area contributed by atoms with Gasteiger partial charge in [0, 0.05) is 43.0 Å². The molecule has 2 aliphatic heterocycles. The summed E-state index contributed by atoms with van der Waals surface area (Å²) in [6, 6.07) is 7.60. The lowest BCUT2D eigenvalue weighted by molar-refractivity contribution is -0.144. The van der Waals surface area contributed by atoms with Crippen LogP contribution in [0.1, 0.15) is 38.7 Å². The van der Waals surface area contributed by atoms with Crippen molar-refractivity contribution in [3.05, 3.63) is 34.9 Å². The van der Waals surface area contributed by atoms with Crippen LogP contribution in [0.5, 0.6) is 0 Å². The molecule has 0 aliphatic carbocycles. The molecule has 6 heteroatoms. The summed E-state index contributed by atoms with van der Waals surface area (Å²) in [7, 11) is 0. The monoisotopic (exact) mass is 378 g/mol. The fraction of sp³-hybridized carbons (Fsp3) is 0.600. The summed E-state index contributed by atoms with van der Waals surface area (Å²) < 4.78 is 0. The number of aliphatic hydroxyl groups is 1. The van der Waals surface area contributed by atoms with E-state index in [0.717, 1.165) is 24.9 Å². The van der Waals surface area contributed by atoms with E-state index < -0.39 is 6.10 Å². The molecule has 0 bridgehead atoms. The van der Waals surface area contributed by atoms with E-state index in [0.29, 0.717) is 31.1 Å². The molecule has 0 unspecified atom stereocenters. The van der Waals surface area contributed by atoms with E-state index >= 15 is 0 Å². The van der Waals surface area contributed by atoms with E-state index in [1.807, 2.05) is 43.0 Å². The Morgan fingerprint density at radius 1 is 1.23 bits per heavy atom. The van der Waals surface area contributed by atoms with Crippen LogP contribution in [0.4, 0.5) is 0 Å². The van der Waals surface area contributed by atoms with Gasteiger partial charge in [-0.15, -0.1) is 0 Å². The number of halogens is 1. The number of aliphatic hydroxyl groups excluding tert-OH is 1. The number of likely N-dealkylation sites (tertiary alicyclic amines) is 2. The third kappa shape index (κ3) is 4.04. The predicted molar refractivity (Wildman–Crippen MR) is 101 cm³/mol. The zero-order chi connectivity index (χ0) is 18.9. The third-order valence-corrected chi connectivity index (χ3v) is 5.96. The van der Waals surface area contributed by atoms with Crippen molar-refractivity contribution in [2.24, 2.45) is 11.3 Å². The minimum atomic E-state index is -0.935. The summed E-state index contributed by atoms with van der Waals surface area (Å²) in [4.78, 5) is 28.5. The largest absolute Gasteiger partial charge is 0.383 e. The molecule has 2 fully saturated rings. The molecule has 2 amide bonds. The first-order valence-electron chi connectivity index (χ1n) is 9.29. The quantitative estimate of drug-likeness (QED) is 0.876. The van der Waals surface area contributed by atoms with E-state index in [4.69, 9.17) is 11.6 Å². The second kappa shape index (κ2) is 7.57. The fourth-order valence-electron chi connectivity index (χ4n) is 3.94. The van der Waals surface area contributed by atoms with Crippen LogP contribution in [0.2, 0.25) is 5.02 Å². The van der Waals surface area contributed by atoms with Gasteiger partial charge in [-0.05, 0) is 36.5 Å². The van der Waals surface area contributed by atoms with Crippen molar-refractivity contribution < 1.29 is 14.7 Å². The lowest BCUT2D eigenvalue weighted by atomic mass is 9.77. The highest BCUT2D eigenvalue weighted by Gasteiger charge is 2.45. The van der Waals surface area contributed by atoms with Crippen LogP contribution in [-0.4, -0.2) is 52.5 Å². The van der Waals surface area contributed by atoms with Crippen molar-refractivity contribution >= 4 is 23.4 Å². The maximum Gasteiger partial charge on any atom is 0.251 e. The van der Waals surface area contributed by atoms with Gasteiger partial charge in [-0.2, -0.15) is 0 Å². The summed E-state index contributed by atoms with van der Waals surface area (Å²) in [6.45, 7) is 6.27. The molecule has 2 aliphatic rings. The van der Waals surface area contributed by atoms with Crippen molar-refractivity contribution in [3.8, 4) is 0 Å². The van der Waals surface area contributed by atoms with Crippen molar-refractivity contribution in [2.45, 2.75) is 45.8 Å². The molecule has 0 aromatic heterocycles. The van der Waals surface area contributed by atoms with Crippen molar-refractivity contribution in [3.63, 3.8) is 0 Å². The Hall–Kier alpha value is -1.59. The molecule has 2 heterocycles. The zero-order valence-electron chi connectivity index (χ0n) is 15.4. The molecule has 142 valence electrons. The van der Waals surface area contributed by atoms with Crippen molar-refractivity contribution in [1.82, 2.24) is 9.80 Å². The van der Waals surface area contributed by atoms with Gasteiger partial charge in [0.25, 0.3) is 5.91 Å². The van der Waals surface area contributed by atoms with Crippen LogP contribution < -0.4 is 0 Å². The summed E-state index contributed by atoms with van der Waals surface area (Å²) in [5, 5.41) is 10.7. The standard InChI is InChI=1S/C20H27ClN2O3/c1-14(2)18(25)19(26)22-9-7-20(8-10-22)11-17(24)23(13-20)12-15-3-5-16(21)6-4-15/h3-6,14,18,25H,7-13H2,1-2H3/t18-/m1/s1. The molecule has 3 rings (SSSR count). The number of rotatable bonds is 4. The van der Waals surface area contributed by atoms with Gasteiger partial charge in [0.05, 0.1) is 0 Å². The Balaban J connectivity index is 1.58. The number of benzene rings is 1. The predicted octanol–water partition coefficient (Wildman–Crippen LogP) is 2.70. The van der Waals surface area contributed by atoms with Gasteiger partial charge < -0.3 is 14.9 Å². The average Bonchev–Trinajstić information content (AvgIpc) is 2.91. The Kier molecular flexibility index (Phi) is 5.58. The summed E-state index contributed by atoms with van der Waals surface area (Å²) >= 11 is 5.92. The first-order chi connectivity index (χ1) is 12.3. The smallest absolute Gasteiger partial charge is 0.251 e. The normalized spacial score (nSPS) is 20.9. The molecule has 1 aromatic carbocycles. The molecule has 0 saturated carbocycles. The van der Waals surface area contributed by atoms with E-state index in [1.165, 1.54) is 0 Å². The lowest BCUT2D eigenvalue weighted by Gasteiger charge is -2.39. The van der Waals surface area contributed by atoms with E-state index in [-0.39, 0.29) is 23.1 Å². The maximum absolute atomic E-state index is 12.5. The summed E-state index contributed by atoms with van der Waals surface area (Å²) in [5.41, 5.74) is 1.04. The topological polar surface area (TPSA) is 60.9 Å². The average molecular weight is 379 g/mol. The maximum atomic E-state index is 12.5. The number of amides is 2. The van der Waals surface area contributed by atoms with Gasteiger partial charge in [-0.1, -0.05) is 37.6 Å². The number of carbonyl (C=O) groups excluding carboxylic acids is 2. The Bertz CT molecular complexity index is 666. The molecule has 0 radical (unpaired) electrons. The number of hydrogen-bond donors (Lipinski definition) is 1. The number of hydrogen-bond acceptors (Lipinski definition) is 3. The van der Waals surface area contributed by atoms with E-state index in [2.05, 4.69) is 0 Å². The molecule has 1 atom stereocenters. The van der Waals surface area contributed by atoms with Crippen LogP contribution in [0.15, 0.2) is 24.3 Å². The first kappa shape index (κ1) is 19.2. The highest BCUT2D eigenvalue weighted by molar-refractivity contribution is 6.30. The van der Waals surface area contributed by atoms with Crippen LogP contribution >= 0.6 is 11.6 Å². The van der Waals surface area contributed by atoms with Crippen LogP contribution in [0, 0.1) is 11.3 Å². The highest BCUT2D eigenvalue weighted by Crippen LogP contribution is 2.41. The molecular formula is C20H27ClN2O3. The molecule has 5 nitrogen and oxygen atoms in total. The SMILES string of the molecule is CC(C)[C@@H](O)C(=O)N1CCC2(CC1)CC(=O)N(Cc1ccc(Cl)cc1)C2. The number of piperidine rings is 1. The fourth-order valence-corrected chi connectivity index (χ4v) is 4.07. The van der Waals surface area contributed by atoms with Gasteiger partial charge in [0.1, 0.15) is 6.10 Å². The van der Waals surface area contributed by atoms with Crippen molar-refractivity contribution in [2.75, 3.05) is 19.6 Å². The van der Waals surface area contributed by atoms with Crippen molar-refractivity contribution in [1.29, 1.82) is 0 Å². The number of nitrogens with zero attached hydrogens (tertiary/aromatic N) is 2. The second-order valence-corrected chi connectivity index (χ2v) is 8.50. The Morgan fingerprint density at radius 2 is 1.85 bits per heavy atom. The summed E-state index contributed by atoms with van der Waals surface area (Å²) in [6.07, 6.45) is 1.24. The van der Waals surface area contributed by atoms with Gasteiger partial charge in [0.15, 0.2) is 0 Å². The first-order valence-corrected chi connectivity index (χ1v) is 9.66. The van der Waals surface area contributed by atoms with Crippen LogP contribution in [0.3, 0.4) is 0 Å². The van der Waals surface area contributed by atoms with Gasteiger partial charge in [0.2, 0.25) is 5.91 Å². The molecule has 26 heavy (non-hydrogen) atoms. The van der Waals surface area contributed by atoms with E-state index in [1.54, 1.807) is 4.90 Å². The minimum Gasteiger partial charge on any atom is -0.383 e. The molecule has 2 saturated heterocycles. The second-order valence-electron chi connectivity index (χ2n) is 8.07. The summed E-state index contributed by atoms with van der Waals surface area (Å²) in [5.74, 6) is -0.0829. The van der Waals surface area contributed by atoms with E-state index in [9.17, 15) is 14.7 Å². The zero-order valence-corrected chi connectivity index (χ0v) is 16.2. The number of carbonyl (C=O) groups is 2. The van der Waals surface area contributed by atoms with Gasteiger partial charge in [-0.25, -0.2) is 0 Å². The Labute approximate surface area is 159 Å². The Morgan fingerprint density at radius 3 is 2.42 bits per heavy atom. The molecular weight excluding hydrogens is 352 g/mol. The van der Waals surface area contributed by atoms with Gasteiger partial charge in [-0.3, -0.25) is 9.59 Å². The molecule has 1 aromatic rings. The molecule has 1 N–H and O–H groups in total. The van der Waals surface area contributed by atoms with Crippen LogP contribution in [0.25, 0.3) is 0 Å². The van der Waals surface area contributed by atoms with Gasteiger partial charge >= 0.3 is 0 Å². The highest BCUT2D eigenvalue weighted by atomic mass is 35.5. The molecule has 1 spiro atoms. The third-order valence-electron chi connectivity index (χ3n) is 5.71. The van der Waals surface area contributed by atoms with Crippen LogP contribution in [-0.2, 0) is 16.1 Å². The minimum absolute atomic E-state index is 0.0386.